The van der Waals surface area contributed by atoms with Gasteiger partial charge in [0.05, 0.1) is 5.92 Å². The molecule has 94 valence electrons. The Morgan fingerprint density at radius 3 is 2.47 bits per heavy atom. The molecule has 0 aromatic carbocycles. The predicted molar refractivity (Wildman–Crippen MR) is 67.9 cm³/mol. The molecule has 0 saturated heterocycles. The third kappa shape index (κ3) is 5.33. The van der Waals surface area contributed by atoms with Crippen molar-refractivity contribution in [2.24, 2.45) is 11.3 Å². The number of aromatic nitrogens is 1. The minimum absolute atomic E-state index is 0.0168. The highest BCUT2D eigenvalue weighted by molar-refractivity contribution is 5.70. The SMILES string of the molecule is CC(C)(C)CC(CNc1ccncc1)C(=O)O. The van der Waals surface area contributed by atoms with E-state index >= 15 is 0 Å². The number of carboxylic acid groups (broad SMARTS) is 1. The molecule has 0 bridgehead atoms. The summed E-state index contributed by atoms with van der Waals surface area (Å²) in [6, 6.07) is 3.66. The maximum Gasteiger partial charge on any atom is 0.308 e. The zero-order chi connectivity index (χ0) is 12.9. The Balaban J connectivity index is 2.54. The van der Waals surface area contributed by atoms with Crippen molar-refractivity contribution >= 4 is 11.7 Å². The average molecular weight is 236 g/mol. The molecule has 1 atom stereocenters. The lowest BCUT2D eigenvalue weighted by molar-refractivity contribution is -0.142. The summed E-state index contributed by atoms with van der Waals surface area (Å²) in [7, 11) is 0. The maximum atomic E-state index is 11.1. The predicted octanol–water partition coefficient (Wildman–Crippen LogP) is 2.63. The fraction of sp³-hybridized carbons (Fsp3) is 0.538. The van der Waals surface area contributed by atoms with Crippen LogP contribution >= 0.6 is 0 Å². The summed E-state index contributed by atoms with van der Waals surface area (Å²) >= 11 is 0. The number of aliphatic carboxylic acids is 1. The van der Waals surface area contributed by atoms with Crippen LogP contribution in [0.25, 0.3) is 0 Å². The Bertz CT molecular complexity index is 357. The van der Waals surface area contributed by atoms with Crippen molar-refractivity contribution in [2.45, 2.75) is 27.2 Å². The van der Waals surface area contributed by atoms with Gasteiger partial charge in [0, 0.05) is 24.6 Å². The fourth-order valence-corrected chi connectivity index (χ4v) is 1.70. The molecular weight excluding hydrogens is 216 g/mol. The first kappa shape index (κ1) is 13.5. The molecule has 1 heterocycles. The molecule has 4 heteroatoms. The second-order valence-electron chi connectivity index (χ2n) is 5.42. The maximum absolute atomic E-state index is 11.1. The van der Waals surface area contributed by atoms with Gasteiger partial charge in [0.2, 0.25) is 0 Å². The van der Waals surface area contributed by atoms with Gasteiger partial charge in [-0.15, -0.1) is 0 Å². The monoisotopic (exact) mass is 236 g/mol. The van der Waals surface area contributed by atoms with Crippen molar-refractivity contribution < 1.29 is 9.90 Å². The number of rotatable bonds is 5. The summed E-state index contributed by atoms with van der Waals surface area (Å²) in [5.41, 5.74) is 0.920. The Morgan fingerprint density at radius 2 is 2.00 bits per heavy atom. The first-order valence-corrected chi connectivity index (χ1v) is 5.75. The molecule has 0 aliphatic carbocycles. The van der Waals surface area contributed by atoms with Crippen molar-refractivity contribution in [3.05, 3.63) is 24.5 Å². The van der Waals surface area contributed by atoms with Crippen LogP contribution in [0.15, 0.2) is 24.5 Å². The van der Waals surface area contributed by atoms with Gasteiger partial charge in [-0.1, -0.05) is 20.8 Å². The molecule has 1 aromatic rings. The minimum atomic E-state index is -0.749. The van der Waals surface area contributed by atoms with Crippen molar-refractivity contribution in [2.75, 3.05) is 11.9 Å². The highest BCUT2D eigenvalue weighted by atomic mass is 16.4. The largest absolute Gasteiger partial charge is 0.481 e. The van der Waals surface area contributed by atoms with Crippen molar-refractivity contribution in [3.63, 3.8) is 0 Å². The molecule has 0 fully saturated rings. The topological polar surface area (TPSA) is 62.2 Å². The zero-order valence-electron chi connectivity index (χ0n) is 10.6. The highest BCUT2D eigenvalue weighted by Gasteiger charge is 2.24. The molecule has 1 aromatic heterocycles. The lowest BCUT2D eigenvalue weighted by Gasteiger charge is -2.23. The van der Waals surface area contributed by atoms with Crippen LogP contribution in [0, 0.1) is 11.3 Å². The second-order valence-corrected chi connectivity index (χ2v) is 5.42. The second kappa shape index (κ2) is 5.66. The van der Waals surface area contributed by atoms with Gasteiger partial charge in [-0.3, -0.25) is 9.78 Å². The number of nitrogens with one attached hydrogen (secondary N) is 1. The van der Waals surface area contributed by atoms with Crippen molar-refractivity contribution in [1.82, 2.24) is 4.98 Å². The van der Waals surface area contributed by atoms with E-state index in [1.54, 1.807) is 12.4 Å². The van der Waals surface area contributed by atoms with E-state index in [2.05, 4.69) is 31.1 Å². The fourth-order valence-electron chi connectivity index (χ4n) is 1.70. The summed E-state index contributed by atoms with van der Waals surface area (Å²) < 4.78 is 0. The third-order valence-corrected chi connectivity index (χ3v) is 2.44. The summed E-state index contributed by atoms with van der Waals surface area (Å²) in [6.45, 7) is 6.59. The Hall–Kier alpha value is -1.58. The Kier molecular flexibility index (Phi) is 4.49. The molecule has 0 saturated carbocycles. The van der Waals surface area contributed by atoms with Gasteiger partial charge in [-0.2, -0.15) is 0 Å². The lowest BCUT2D eigenvalue weighted by Crippen LogP contribution is -2.27. The summed E-state index contributed by atoms with van der Waals surface area (Å²) in [5, 5.41) is 12.3. The highest BCUT2D eigenvalue weighted by Crippen LogP contribution is 2.24. The number of carbonyl (C=O) groups is 1. The van der Waals surface area contributed by atoms with Crippen molar-refractivity contribution in [3.8, 4) is 0 Å². The van der Waals surface area contributed by atoms with E-state index < -0.39 is 5.97 Å². The molecule has 0 aliphatic heterocycles. The lowest BCUT2D eigenvalue weighted by atomic mass is 9.84. The van der Waals surface area contributed by atoms with Crippen LogP contribution in [0.2, 0.25) is 0 Å². The number of hydrogen-bond acceptors (Lipinski definition) is 3. The molecular formula is C13H20N2O2. The van der Waals surface area contributed by atoms with E-state index in [-0.39, 0.29) is 11.3 Å². The number of anilines is 1. The Morgan fingerprint density at radius 1 is 1.41 bits per heavy atom. The number of nitrogens with zero attached hydrogens (tertiary/aromatic N) is 1. The molecule has 1 rings (SSSR count). The summed E-state index contributed by atoms with van der Waals surface area (Å²) in [5.74, 6) is -1.12. The standard InChI is InChI=1S/C13H20N2O2/c1-13(2,3)8-10(12(16)17)9-15-11-4-6-14-7-5-11/h4-7,10H,8-9H2,1-3H3,(H,14,15)(H,16,17). The first-order valence-electron chi connectivity index (χ1n) is 5.75. The molecule has 17 heavy (non-hydrogen) atoms. The normalized spacial score (nSPS) is 13.1. The van der Waals surface area contributed by atoms with E-state index in [4.69, 9.17) is 5.11 Å². The molecule has 0 radical (unpaired) electrons. The zero-order valence-corrected chi connectivity index (χ0v) is 10.6. The summed E-state index contributed by atoms with van der Waals surface area (Å²) in [6.07, 6.45) is 4.02. The van der Waals surface area contributed by atoms with Crippen LogP contribution in [0.1, 0.15) is 27.2 Å². The molecule has 4 nitrogen and oxygen atoms in total. The van der Waals surface area contributed by atoms with Gasteiger partial charge in [-0.25, -0.2) is 0 Å². The number of carboxylic acids is 1. The van der Waals surface area contributed by atoms with Crippen LogP contribution in [0.5, 0.6) is 0 Å². The van der Waals surface area contributed by atoms with Crippen LogP contribution in [0.4, 0.5) is 5.69 Å². The molecule has 0 aliphatic rings. The van der Waals surface area contributed by atoms with E-state index in [0.29, 0.717) is 13.0 Å². The van der Waals surface area contributed by atoms with Gasteiger partial charge in [0.1, 0.15) is 0 Å². The first-order chi connectivity index (χ1) is 7.88. The van der Waals surface area contributed by atoms with E-state index in [0.717, 1.165) is 5.69 Å². The van der Waals surface area contributed by atoms with Crippen LogP contribution in [0.3, 0.4) is 0 Å². The van der Waals surface area contributed by atoms with Crippen LogP contribution in [-0.4, -0.2) is 22.6 Å². The summed E-state index contributed by atoms with van der Waals surface area (Å²) in [4.78, 5) is 15.1. The van der Waals surface area contributed by atoms with E-state index in [1.807, 2.05) is 12.1 Å². The van der Waals surface area contributed by atoms with Gasteiger partial charge in [0.15, 0.2) is 0 Å². The molecule has 1 unspecified atom stereocenters. The van der Waals surface area contributed by atoms with Gasteiger partial charge < -0.3 is 10.4 Å². The van der Waals surface area contributed by atoms with Gasteiger partial charge in [-0.05, 0) is 24.0 Å². The quantitative estimate of drug-likeness (QED) is 0.825. The van der Waals surface area contributed by atoms with Gasteiger partial charge in [0.25, 0.3) is 0 Å². The number of hydrogen-bond donors (Lipinski definition) is 2. The van der Waals surface area contributed by atoms with E-state index in [1.165, 1.54) is 0 Å². The average Bonchev–Trinajstić information content (AvgIpc) is 2.24. The minimum Gasteiger partial charge on any atom is -0.481 e. The molecule has 0 amide bonds. The van der Waals surface area contributed by atoms with E-state index in [9.17, 15) is 4.79 Å². The molecule has 2 N–H and O–H groups in total. The Labute approximate surface area is 102 Å². The smallest absolute Gasteiger partial charge is 0.308 e. The van der Waals surface area contributed by atoms with Crippen LogP contribution < -0.4 is 5.32 Å². The molecule has 0 spiro atoms. The third-order valence-electron chi connectivity index (χ3n) is 2.44. The van der Waals surface area contributed by atoms with Gasteiger partial charge >= 0.3 is 5.97 Å². The number of pyridine rings is 1. The van der Waals surface area contributed by atoms with Crippen LogP contribution in [-0.2, 0) is 4.79 Å². The van der Waals surface area contributed by atoms with Crippen molar-refractivity contribution in [1.29, 1.82) is 0 Å².